The Morgan fingerprint density at radius 1 is 0.952 bits per heavy atom. The van der Waals surface area contributed by atoms with E-state index in [-0.39, 0.29) is 11.9 Å². The molecule has 0 aromatic heterocycles. The Bertz CT molecular complexity index is 500. The monoisotopic (exact) mass is 282 g/mol. The van der Waals surface area contributed by atoms with Gasteiger partial charge in [0.1, 0.15) is 0 Å². The topological polar surface area (TPSA) is 41.1 Å². The highest BCUT2D eigenvalue weighted by molar-refractivity contribution is 5.75. The Labute approximate surface area is 126 Å². The second kappa shape index (κ2) is 8.22. The van der Waals surface area contributed by atoms with Crippen LogP contribution in [0.3, 0.4) is 0 Å². The Kier molecular flexibility index (Phi) is 5.98. The fraction of sp³-hybridized carbons (Fsp3) is 0.278. The molecule has 0 fully saturated rings. The molecule has 3 heteroatoms. The molecule has 0 bridgehead atoms. The van der Waals surface area contributed by atoms with Crippen molar-refractivity contribution < 1.29 is 4.79 Å². The van der Waals surface area contributed by atoms with Gasteiger partial charge in [0.25, 0.3) is 0 Å². The van der Waals surface area contributed by atoms with Crippen LogP contribution in [0.15, 0.2) is 60.7 Å². The highest BCUT2D eigenvalue weighted by Crippen LogP contribution is 2.21. The summed E-state index contributed by atoms with van der Waals surface area (Å²) in [7, 11) is 1.67. The zero-order valence-corrected chi connectivity index (χ0v) is 12.4. The van der Waals surface area contributed by atoms with Crippen molar-refractivity contribution in [3.8, 4) is 0 Å². The minimum absolute atomic E-state index is 0.0905. The minimum atomic E-state index is 0.0905. The van der Waals surface area contributed by atoms with E-state index in [9.17, 15) is 4.79 Å². The first-order valence-corrected chi connectivity index (χ1v) is 7.35. The molecule has 0 aliphatic heterocycles. The van der Waals surface area contributed by atoms with Gasteiger partial charge in [-0.25, -0.2) is 0 Å². The van der Waals surface area contributed by atoms with Gasteiger partial charge in [-0.3, -0.25) is 4.79 Å². The van der Waals surface area contributed by atoms with Crippen molar-refractivity contribution >= 4 is 5.91 Å². The Morgan fingerprint density at radius 2 is 1.48 bits per heavy atom. The maximum Gasteiger partial charge on any atom is 0.219 e. The number of benzene rings is 2. The molecule has 0 atom stereocenters. The predicted octanol–water partition coefficient (Wildman–Crippen LogP) is 2.89. The minimum Gasteiger partial charge on any atom is -0.359 e. The number of carbonyl (C=O) groups excluding carboxylic acids is 1. The number of nitrogens with one attached hydrogen (secondary N) is 2. The number of rotatable bonds is 7. The van der Waals surface area contributed by atoms with Gasteiger partial charge in [-0.05, 0) is 24.1 Å². The molecule has 0 spiro atoms. The van der Waals surface area contributed by atoms with E-state index in [4.69, 9.17) is 0 Å². The van der Waals surface area contributed by atoms with Gasteiger partial charge in [0, 0.05) is 13.5 Å². The second-order valence-corrected chi connectivity index (χ2v) is 4.99. The summed E-state index contributed by atoms with van der Waals surface area (Å²) in [4.78, 5) is 11.3. The second-order valence-electron chi connectivity index (χ2n) is 4.99. The maximum atomic E-state index is 11.3. The van der Waals surface area contributed by atoms with Gasteiger partial charge in [-0.1, -0.05) is 60.7 Å². The van der Waals surface area contributed by atoms with Crippen LogP contribution in [-0.4, -0.2) is 19.5 Å². The number of amides is 1. The average molecular weight is 282 g/mol. The van der Waals surface area contributed by atoms with Crippen molar-refractivity contribution in [2.75, 3.05) is 13.6 Å². The van der Waals surface area contributed by atoms with Crippen LogP contribution in [0.5, 0.6) is 0 Å². The summed E-state index contributed by atoms with van der Waals surface area (Å²) in [6, 6.07) is 20.9. The molecule has 2 aromatic rings. The largest absolute Gasteiger partial charge is 0.359 e. The standard InChI is InChI=1S/C18H22N2O/c1-19-17(21)13-8-14-20-18(15-9-4-2-5-10-15)16-11-6-3-7-12-16/h2-7,9-12,18,20H,8,13-14H2,1H3,(H,19,21). The van der Waals surface area contributed by atoms with Crippen LogP contribution in [0.4, 0.5) is 0 Å². The summed E-state index contributed by atoms with van der Waals surface area (Å²) in [6.07, 6.45) is 1.38. The Balaban J connectivity index is 2.02. The lowest BCUT2D eigenvalue weighted by molar-refractivity contribution is -0.120. The van der Waals surface area contributed by atoms with Gasteiger partial charge >= 0.3 is 0 Å². The molecule has 0 saturated carbocycles. The quantitative estimate of drug-likeness (QED) is 0.767. The fourth-order valence-electron chi connectivity index (χ4n) is 2.34. The lowest BCUT2D eigenvalue weighted by atomic mass is 9.98. The molecule has 0 saturated heterocycles. The lowest BCUT2D eigenvalue weighted by Crippen LogP contribution is -2.25. The van der Waals surface area contributed by atoms with E-state index in [0.717, 1.165) is 13.0 Å². The zero-order chi connectivity index (χ0) is 14.9. The van der Waals surface area contributed by atoms with Crippen LogP contribution in [-0.2, 0) is 4.79 Å². The molecule has 2 rings (SSSR count). The summed E-state index contributed by atoms with van der Waals surface area (Å²) in [5.41, 5.74) is 2.48. The lowest BCUT2D eigenvalue weighted by Gasteiger charge is -2.19. The van der Waals surface area contributed by atoms with Crippen LogP contribution in [0, 0.1) is 0 Å². The third-order valence-corrected chi connectivity index (χ3v) is 3.47. The normalized spacial score (nSPS) is 10.6. The average Bonchev–Trinajstić information content (AvgIpc) is 2.56. The smallest absolute Gasteiger partial charge is 0.219 e. The molecule has 3 nitrogen and oxygen atoms in total. The summed E-state index contributed by atoms with van der Waals surface area (Å²) in [5.74, 6) is 0.0905. The van der Waals surface area contributed by atoms with E-state index in [1.165, 1.54) is 11.1 Å². The van der Waals surface area contributed by atoms with Crippen molar-refractivity contribution in [2.45, 2.75) is 18.9 Å². The predicted molar refractivity (Wildman–Crippen MR) is 86.0 cm³/mol. The van der Waals surface area contributed by atoms with Gasteiger partial charge in [-0.15, -0.1) is 0 Å². The van der Waals surface area contributed by atoms with Crippen molar-refractivity contribution in [1.82, 2.24) is 10.6 Å². The molecule has 0 aliphatic rings. The Morgan fingerprint density at radius 3 is 1.95 bits per heavy atom. The first kappa shape index (κ1) is 15.3. The third kappa shape index (κ3) is 4.72. The molecule has 0 unspecified atom stereocenters. The van der Waals surface area contributed by atoms with Crippen LogP contribution in [0.2, 0.25) is 0 Å². The molecule has 2 N–H and O–H groups in total. The van der Waals surface area contributed by atoms with Crippen molar-refractivity contribution in [3.05, 3.63) is 71.8 Å². The third-order valence-electron chi connectivity index (χ3n) is 3.47. The van der Waals surface area contributed by atoms with Crippen LogP contribution in [0.25, 0.3) is 0 Å². The molecule has 21 heavy (non-hydrogen) atoms. The SMILES string of the molecule is CNC(=O)CCCNC(c1ccccc1)c1ccccc1. The van der Waals surface area contributed by atoms with Gasteiger partial charge in [0.05, 0.1) is 6.04 Å². The molecule has 110 valence electrons. The summed E-state index contributed by atoms with van der Waals surface area (Å²) < 4.78 is 0. The molecule has 0 heterocycles. The van der Waals surface area contributed by atoms with Gasteiger partial charge in [-0.2, -0.15) is 0 Å². The molecule has 0 radical (unpaired) electrons. The highest BCUT2D eigenvalue weighted by Gasteiger charge is 2.12. The van der Waals surface area contributed by atoms with Gasteiger partial charge in [0.15, 0.2) is 0 Å². The summed E-state index contributed by atoms with van der Waals surface area (Å²) >= 11 is 0. The number of carbonyl (C=O) groups is 1. The first-order valence-electron chi connectivity index (χ1n) is 7.35. The van der Waals surface area contributed by atoms with Gasteiger partial charge in [0.2, 0.25) is 5.91 Å². The van der Waals surface area contributed by atoms with Crippen molar-refractivity contribution in [3.63, 3.8) is 0 Å². The molecule has 2 aromatic carbocycles. The molecule has 0 aliphatic carbocycles. The van der Waals surface area contributed by atoms with E-state index >= 15 is 0 Å². The van der Waals surface area contributed by atoms with E-state index in [2.05, 4.69) is 59.2 Å². The summed E-state index contributed by atoms with van der Waals surface area (Å²) in [5, 5.41) is 6.20. The van der Waals surface area contributed by atoms with E-state index in [0.29, 0.717) is 6.42 Å². The fourth-order valence-corrected chi connectivity index (χ4v) is 2.34. The van der Waals surface area contributed by atoms with Gasteiger partial charge < -0.3 is 10.6 Å². The summed E-state index contributed by atoms with van der Waals surface area (Å²) in [6.45, 7) is 0.807. The van der Waals surface area contributed by atoms with Crippen LogP contribution < -0.4 is 10.6 Å². The van der Waals surface area contributed by atoms with Crippen LogP contribution in [0.1, 0.15) is 30.0 Å². The Hall–Kier alpha value is -2.13. The van der Waals surface area contributed by atoms with Crippen molar-refractivity contribution in [2.24, 2.45) is 0 Å². The molecular formula is C18H22N2O. The van der Waals surface area contributed by atoms with Crippen molar-refractivity contribution in [1.29, 1.82) is 0 Å². The van der Waals surface area contributed by atoms with E-state index in [1.54, 1.807) is 7.05 Å². The zero-order valence-electron chi connectivity index (χ0n) is 12.4. The first-order chi connectivity index (χ1) is 10.3. The van der Waals surface area contributed by atoms with Crippen LogP contribution >= 0.6 is 0 Å². The molecule has 1 amide bonds. The molecular weight excluding hydrogens is 260 g/mol. The highest BCUT2D eigenvalue weighted by atomic mass is 16.1. The number of hydrogen-bond donors (Lipinski definition) is 2. The van der Waals surface area contributed by atoms with E-state index < -0.39 is 0 Å². The van der Waals surface area contributed by atoms with E-state index in [1.807, 2.05) is 12.1 Å². The number of hydrogen-bond acceptors (Lipinski definition) is 2. The maximum absolute atomic E-state index is 11.3.